The number of aliphatic hydroxyl groups is 1. The van der Waals surface area contributed by atoms with E-state index in [9.17, 15) is 4.79 Å². The molecule has 0 atom stereocenters. The summed E-state index contributed by atoms with van der Waals surface area (Å²) in [4.78, 5) is 12.1. The predicted octanol–water partition coefficient (Wildman–Crippen LogP) is 1.58. The van der Waals surface area contributed by atoms with Gasteiger partial charge >= 0.3 is 0 Å². The summed E-state index contributed by atoms with van der Waals surface area (Å²) in [5.74, 6) is 5.38. The van der Waals surface area contributed by atoms with Crippen LogP contribution in [0.5, 0.6) is 0 Å². The molecule has 0 aliphatic carbocycles. The Kier molecular flexibility index (Phi) is 3.96. The van der Waals surface area contributed by atoms with Crippen molar-refractivity contribution in [3.63, 3.8) is 0 Å². The minimum Gasteiger partial charge on any atom is -0.384 e. The molecule has 19 heavy (non-hydrogen) atoms. The Balaban J connectivity index is 2.25. The maximum atomic E-state index is 12.1. The van der Waals surface area contributed by atoms with Gasteiger partial charge in [-0.25, -0.2) is 0 Å². The van der Waals surface area contributed by atoms with Gasteiger partial charge in [-0.1, -0.05) is 23.1 Å². The Bertz CT molecular complexity index is 636. The van der Waals surface area contributed by atoms with Crippen LogP contribution in [0.3, 0.4) is 0 Å². The first-order valence-electron chi connectivity index (χ1n) is 5.63. The van der Waals surface area contributed by atoms with Crippen LogP contribution in [0.1, 0.15) is 21.5 Å². The molecule has 0 fully saturated rings. The molecule has 0 unspecified atom stereocenters. The molecule has 0 aliphatic heterocycles. The second kappa shape index (κ2) is 5.85. The molecule has 0 radical (unpaired) electrons. The van der Waals surface area contributed by atoms with Crippen LogP contribution in [0.2, 0.25) is 0 Å². The zero-order chi connectivity index (χ0) is 13.7. The maximum Gasteiger partial charge on any atom is 0.257 e. The molecule has 1 aromatic heterocycles. The maximum absolute atomic E-state index is 12.1. The summed E-state index contributed by atoms with van der Waals surface area (Å²) < 4.78 is 4.64. The number of aromatic nitrogens is 1. The van der Waals surface area contributed by atoms with E-state index in [0.29, 0.717) is 16.9 Å². The quantitative estimate of drug-likeness (QED) is 0.800. The Morgan fingerprint density at radius 2 is 2.32 bits per heavy atom. The highest BCUT2D eigenvalue weighted by atomic mass is 16.5. The summed E-state index contributed by atoms with van der Waals surface area (Å²) >= 11 is 0. The number of amides is 1. The van der Waals surface area contributed by atoms with Crippen molar-refractivity contribution in [2.75, 3.05) is 11.9 Å². The van der Waals surface area contributed by atoms with Crippen molar-refractivity contribution in [3.8, 4) is 11.8 Å². The van der Waals surface area contributed by atoms with E-state index in [4.69, 9.17) is 5.11 Å². The van der Waals surface area contributed by atoms with E-state index >= 15 is 0 Å². The van der Waals surface area contributed by atoms with Gasteiger partial charge in [-0.05, 0) is 24.6 Å². The average molecular weight is 256 g/mol. The van der Waals surface area contributed by atoms with E-state index in [0.717, 1.165) is 5.56 Å². The number of nitrogens with zero attached hydrogens (tertiary/aromatic N) is 1. The molecule has 0 bridgehead atoms. The molecular weight excluding hydrogens is 244 g/mol. The minimum atomic E-state index is -0.279. The lowest BCUT2D eigenvalue weighted by molar-refractivity contribution is 0.102. The molecule has 0 aliphatic rings. The van der Waals surface area contributed by atoms with Gasteiger partial charge in [-0.3, -0.25) is 4.79 Å². The van der Waals surface area contributed by atoms with E-state index in [1.807, 2.05) is 6.92 Å². The van der Waals surface area contributed by atoms with E-state index < -0.39 is 0 Å². The van der Waals surface area contributed by atoms with Crippen LogP contribution in [0.15, 0.2) is 35.1 Å². The lowest BCUT2D eigenvalue weighted by Crippen LogP contribution is -2.13. The van der Waals surface area contributed by atoms with Crippen LogP contribution in [0.4, 0.5) is 5.82 Å². The van der Waals surface area contributed by atoms with E-state index in [2.05, 4.69) is 26.8 Å². The monoisotopic (exact) mass is 256 g/mol. The second-order valence-electron chi connectivity index (χ2n) is 3.83. The third kappa shape index (κ3) is 3.21. The minimum absolute atomic E-state index is 0.214. The zero-order valence-corrected chi connectivity index (χ0v) is 10.3. The highest BCUT2D eigenvalue weighted by molar-refractivity contribution is 6.04. The summed E-state index contributed by atoms with van der Waals surface area (Å²) in [6.07, 6.45) is 1.38. The summed E-state index contributed by atoms with van der Waals surface area (Å²) in [6, 6.07) is 6.83. The molecule has 96 valence electrons. The third-order valence-corrected chi connectivity index (χ3v) is 2.47. The SMILES string of the molecule is Cc1ccc(C#CCO)cc1C(=O)Nc1ccon1. The molecule has 2 N–H and O–H groups in total. The Morgan fingerprint density at radius 1 is 1.47 bits per heavy atom. The number of aliphatic hydroxyl groups excluding tert-OH is 1. The van der Waals surface area contributed by atoms with Gasteiger partial charge in [0.15, 0.2) is 5.82 Å². The van der Waals surface area contributed by atoms with E-state index in [-0.39, 0.29) is 12.5 Å². The van der Waals surface area contributed by atoms with Crippen molar-refractivity contribution in [2.45, 2.75) is 6.92 Å². The number of hydrogen-bond acceptors (Lipinski definition) is 4. The first-order chi connectivity index (χ1) is 9.20. The Labute approximate surface area is 110 Å². The highest BCUT2D eigenvalue weighted by Gasteiger charge is 2.11. The number of carbonyl (C=O) groups is 1. The molecule has 0 spiro atoms. The van der Waals surface area contributed by atoms with Crippen molar-refractivity contribution in [3.05, 3.63) is 47.2 Å². The number of rotatable bonds is 2. The van der Waals surface area contributed by atoms with Gasteiger partial charge in [-0.15, -0.1) is 0 Å². The van der Waals surface area contributed by atoms with Gasteiger partial charge in [0.2, 0.25) is 0 Å². The summed E-state index contributed by atoms with van der Waals surface area (Å²) in [6.45, 7) is 1.62. The van der Waals surface area contributed by atoms with E-state index in [1.54, 1.807) is 24.3 Å². The highest BCUT2D eigenvalue weighted by Crippen LogP contribution is 2.13. The molecule has 1 amide bonds. The van der Waals surface area contributed by atoms with Crippen LogP contribution in [0, 0.1) is 18.8 Å². The number of nitrogens with one attached hydrogen (secondary N) is 1. The fraction of sp³-hybridized carbons (Fsp3) is 0.143. The molecule has 0 saturated carbocycles. The lowest BCUT2D eigenvalue weighted by Gasteiger charge is -2.05. The molecule has 1 aromatic carbocycles. The van der Waals surface area contributed by atoms with Gasteiger partial charge in [0.1, 0.15) is 12.9 Å². The lowest BCUT2D eigenvalue weighted by atomic mass is 10.0. The standard InChI is InChI=1S/C14H12N2O3/c1-10-4-5-11(3-2-7-17)9-12(10)14(18)15-13-6-8-19-16-13/h4-6,8-9,17H,7H2,1H3,(H,15,16,18). The van der Waals surface area contributed by atoms with Gasteiger partial charge in [0.25, 0.3) is 5.91 Å². The normalized spacial score (nSPS) is 9.58. The van der Waals surface area contributed by atoms with Gasteiger partial charge in [0, 0.05) is 17.2 Å². The average Bonchev–Trinajstić information content (AvgIpc) is 2.90. The van der Waals surface area contributed by atoms with Crippen molar-refractivity contribution in [1.29, 1.82) is 0 Å². The van der Waals surface area contributed by atoms with Crippen molar-refractivity contribution in [2.24, 2.45) is 0 Å². The number of benzene rings is 1. The smallest absolute Gasteiger partial charge is 0.257 e. The largest absolute Gasteiger partial charge is 0.384 e. The molecule has 0 saturated heterocycles. The predicted molar refractivity (Wildman–Crippen MR) is 69.6 cm³/mol. The van der Waals surface area contributed by atoms with Crippen LogP contribution >= 0.6 is 0 Å². The van der Waals surface area contributed by atoms with E-state index in [1.165, 1.54) is 6.26 Å². The van der Waals surface area contributed by atoms with Crippen molar-refractivity contribution in [1.82, 2.24) is 5.16 Å². The Hall–Kier alpha value is -2.58. The third-order valence-electron chi connectivity index (χ3n) is 2.47. The fourth-order valence-electron chi connectivity index (χ4n) is 1.55. The number of anilines is 1. The molecule has 5 heteroatoms. The first kappa shape index (κ1) is 12.9. The van der Waals surface area contributed by atoms with Crippen LogP contribution in [0.25, 0.3) is 0 Å². The van der Waals surface area contributed by atoms with Crippen molar-refractivity contribution >= 4 is 11.7 Å². The molecular formula is C14H12N2O3. The number of hydrogen-bond donors (Lipinski definition) is 2. The molecule has 5 nitrogen and oxygen atoms in total. The summed E-state index contributed by atoms with van der Waals surface area (Å²) in [5.41, 5.74) is 2.01. The topological polar surface area (TPSA) is 75.4 Å². The number of carbonyl (C=O) groups excluding carboxylic acids is 1. The molecule has 2 aromatic rings. The molecule has 2 rings (SSSR count). The van der Waals surface area contributed by atoms with Crippen molar-refractivity contribution < 1.29 is 14.4 Å². The summed E-state index contributed by atoms with van der Waals surface area (Å²) in [5, 5.41) is 14.9. The molecule has 1 heterocycles. The van der Waals surface area contributed by atoms with Crippen LogP contribution in [-0.4, -0.2) is 22.8 Å². The zero-order valence-electron chi connectivity index (χ0n) is 10.3. The summed E-state index contributed by atoms with van der Waals surface area (Å²) in [7, 11) is 0. The van der Waals surface area contributed by atoms with Crippen LogP contribution in [-0.2, 0) is 0 Å². The first-order valence-corrected chi connectivity index (χ1v) is 5.63. The van der Waals surface area contributed by atoms with Gasteiger partial charge < -0.3 is 14.9 Å². The number of aryl methyl sites for hydroxylation is 1. The fourth-order valence-corrected chi connectivity index (χ4v) is 1.55. The Morgan fingerprint density at radius 3 is 3.00 bits per heavy atom. The van der Waals surface area contributed by atoms with Gasteiger partial charge in [0.05, 0.1) is 0 Å². The second-order valence-corrected chi connectivity index (χ2v) is 3.83. The van der Waals surface area contributed by atoms with Crippen LogP contribution < -0.4 is 5.32 Å². The van der Waals surface area contributed by atoms with Gasteiger partial charge in [-0.2, -0.15) is 0 Å².